The van der Waals surface area contributed by atoms with Crippen molar-refractivity contribution in [3.8, 4) is 0 Å². The maximum absolute atomic E-state index is 11.5. The fourth-order valence-corrected chi connectivity index (χ4v) is 2.76. The second kappa shape index (κ2) is 5.73. The Hall–Kier alpha value is -2.46. The van der Waals surface area contributed by atoms with Crippen LogP contribution in [0.4, 0.5) is 0 Å². The van der Waals surface area contributed by atoms with Crippen molar-refractivity contribution in [2.45, 2.75) is 13.3 Å². The van der Waals surface area contributed by atoms with Gasteiger partial charge in [0.05, 0.1) is 11.1 Å². The van der Waals surface area contributed by atoms with E-state index in [1.165, 1.54) is 0 Å². The lowest BCUT2D eigenvalue weighted by Gasteiger charge is -2.12. The zero-order valence-electron chi connectivity index (χ0n) is 11.9. The van der Waals surface area contributed by atoms with Gasteiger partial charge in [0.2, 0.25) is 0 Å². The second-order valence-electron chi connectivity index (χ2n) is 5.08. The predicted molar refractivity (Wildman–Crippen MR) is 85.5 cm³/mol. The number of aromatic carboxylic acids is 1. The minimum Gasteiger partial charge on any atom is -0.478 e. The molecule has 22 heavy (non-hydrogen) atoms. The number of hydrogen-bond donors (Lipinski definition) is 1. The highest BCUT2D eigenvalue weighted by Crippen LogP contribution is 2.26. The number of aromatic nitrogens is 2. The quantitative estimate of drug-likeness (QED) is 0.745. The summed E-state index contributed by atoms with van der Waals surface area (Å²) in [6, 6.07) is 9.07. The predicted octanol–water partition coefficient (Wildman–Crippen LogP) is 3.88. The average Bonchev–Trinajstić information content (AvgIpc) is 2.50. The minimum absolute atomic E-state index is 0.219. The normalized spacial score (nSPS) is 10.8. The molecule has 1 aromatic carbocycles. The Balaban J connectivity index is 2.17. The summed E-state index contributed by atoms with van der Waals surface area (Å²) < 4.78 is 0. The van der Waals surface area contributed by atoms with E-state index >= 15 is 0 Å². The molecule has 4 nitrogen and oxygen atoms in total. The van der Waals surface area contributed by atoms with Crippen molar-refractivity contribution in [3.05, 3.63) is 70.1 Å². The van der Waals surface area contributed by atoms with Crippen molar-refractivity contribution in [1.82, 2.24) is 9.97 Å². The van der Waals surface area contributed by atoms with Gasteiger partial charge in [0.15, 0.2) is 0 Å². The average molecular weight is 313 g/mol. The van der Waals surface area contributed by atoms with Crippen molar-refractivity contribution >= 4 is 28.5 Å². The molecule has 110 valence electrons. The van der Waals surface area contributed by atoms with Gasteiger partial charge in [-0.3, -0.25) is 4.98 Å². The monoisotopic (exact) mass is 312 g/mol. The molecule has 1 N–H and O–H groups in total. The van der Waals surface area contributed by atoms with E-state index in [4.69, 9.17) is 11.6 Å². The number of fused-ring (bicyclic) bond motifs is 1. The lowest BCUT2D eigenvalue weighted by molar-refractivity contribution is 0.0698. The summed E-state index contributed by atoms with van der Waals surface area (Å²) in [5.41, 5.74) is 3.70. The molecule has 2 heterocycles. The van der Waals surface area contributed by atoms with E-state index in [2.05, 4.69) is 9.97 Å². The number of benzene rings is 1. The molecule has 0 radical (unpaired) electrons. The van der Waals surface area contributed by atoms with Crippen LogP contribution in [0.25, 0.3) is 10.9 Å². The van der Waals surface area contributed by atoms with Gasteiger partial charge < -0.3 is 5.11 Å². The highest BCUT2D eigenvalue weighted by Gasteiger charge is 2.15. The van der Waals surface area contributed by atoms with Gasteiger partial charge in [0.1, 0.15) is 5.15 Å². The molecule has 3 aromatic rings. The first-order chi connectivity index (χ1) is 10.6. The molecule has 0 aliphatic heterocycles. The van der Waals surface area contributed by atoms with E-state index < -0.39 is 5.97 Å². The topological polar surface area (TPSA) is 63.1 Å². The van der Waals surface area contributed by atoms with E-state index in [1.807, 2.05) is 25.1 Å². The summed E-state index contributed by atoms with van der Waals surface area (Å²) in [4.78, 5) is 19.7. The van der Waals surface area contributed by atoms with Crippen molar-refractivity contribution in [1.29, 1.82) is 0 Å². The fourth-order valence-electron chi connectivity index (χ4n) is 2.57. The van der Waals surface area contributed by atoms with Crippen LogP contribution < -0.4 is 0 Å². The molecular formula is C17H13ClN2O2. The molecule has 0 saturated heterocycles. The van der Waals surface area contributed by atoms with Crippen molar-refractivity contribution in [2.24, 2.45) is 0 Å². The standard InChI is InChI=1S/C17H13ClN2O2/c1-10-12(7-11-4-6-19-15(18)8-11)9-14(17(21)22)16-13(10)3-2-5-20-16/h2-6,8-9H,7H2,1H3,(H,21,22). The van der Waals surface area contributed by atoms with Gasteiger partial charge in [-0.25, -0.2) is 9.78 Å². The lowest BCUT2D eigenvalue weighted by Crippen LogP contribution is -2.03. The Morgan fingerprint density at radius 3 is 2.77 bits per heavy atom. The van der Waals surface area contributed by atoms with E-state index in [0.29, 0.717) is 17.1 Å². The molecule has 0 aliphatic rings. The van der Waals surface area contributed by atoms with Gasteiger partial charge in [-0.15, -0.1) is 0 Å². The largest absolute Gasteiger partial charge is 0.478 e. The molecular weight excluding hydrogens is 300 g/mol. The molecule has 0 fully saturated rings. The Kier molecular flexibility index (Phi) is 3.77. The molecule has 3 rings (SSSR count). The maximum atomic E-state index is 11.5. The zero-order chi connectivity index (χ0) is 15.7. The van der Waals surface area contributed by atoms with Crippen molar-refractivity contribution in [2.75, 3.05) is 0 Å². The summed E-state index contributed by atoms with van der Waals surface area (Å²) in [6.07, 6.45) is 3.85. The first-order valence-electron chi connectivity index (χ1n) is 6.77. The SMILES string of the molecule is Cc1c(Cc2ccnc(Cl)c2)cc(C(=O)O)c2ncccc12. The van der Waals surface area contributed by atoms with Crippen LogP contribution in [0.2, 0.25) is 5.15 Å². The third-order valence-corrected chi connectivity index (χ3v) is 3.89. The van der Waals surface area contributed by atoms with Gasteiger partial charge in [-0.05, 0) is 54.3 Å². The van der Waals surface area contributed by atoms with Gasteiger partial charge in [0, 0.05) is 17.8 Å². The van der Waals surface area contributed by atoms with E-state index in [1.54, 1.807) is 24.5 Å². The maximum Gasteiger partial charge on any atom is 0.337 e. The summed E-state index contributed by atoms with van der Waals surface area (Å²) in [7, 11) is 0. The van der Waals surface area contributed by atoms with Gasteiger partial charge in [-0.1, -0.05) is 17.7 Å². The number of hydrogen-bond acceptors (Lipinski definition) is 3. The number of carboxylic acids is 1. The molecule has 0 saturated carbocycles. The van der Waals surface area contributed by atoms with Crippen LogP contribution in [0.5, 0.6) is 0 Å². The third-order valence-electron chi connectivity index (χ3n) is 3.68. The van der Waals surface area contributed by atoms with E-state index in [9.17, 15) is 9.90 Å². The number of pyridine rings is 2. The highest BCUT2D eigenvalue weighted by atomic mass is 35.5. The number of nitrogens with zero attached hydrogens (tertiary/aromatic N) is 2. The minimum atomic E-state index is -0.974. The van der Waals surface area contributed by atoms with Crippen molar-refractivity contribution < 1.29 is 9.90 Å². The Morgan fingerprint density at radius 2 is 2.05 bits per heavy atom. The molecule has 0 atom stereocenters. The van der Waals surface area contributed by atoms with Gasteiger partial charge in [0.25, 0.3) is 0 Å². The number of rotatable bonds is 3. The Morgan fingerprint density at radius 1 is 1.23 bits per heavy atom. The Bertz CT molecular complexity index is 878. The van der Waals surface area contributed by atoms with E-state index in [0.717, 1.165) is 22.1 Å². The highest BCUT2D eigenvalue weighted by molar-refractivity contribution is 6.29. The van der Waals surface area contributed by atoms with Crippen LogP contribution in [-0.2, 0) is 6.42 Å². The lowest BCUT2D eigenvalue weighted by atomic mass is 9.94. The third kappa shape index (κ3) is 2.65. The van der Waals surface area contributed by atoms with Crippen molar-refractivity contribution in [3.63, 3.8) is 0 Å². The molecule has 0 unspecified atom stereocenters. The number of carbonyl (C=O) groups is 1. The van der Waals surface area contributed by atoms with E-state index in [-0.39, 0.29) is 5.56 Å². The zero-order valence-corrected chi connectivity index (χ0v) is 12.6. The number of halogens is 1. The first-order valence-corrected chi connectivity index (χ1v) is 7.15. The summed E-state index contributed by atoms with van der Waals surface area (Å²) in [5, 5.41) is 10.7. The number of aryl methyl sites for hydroxylation is 1. The second-order valence-corrected chi connectivity index (χ2v) is 5.46. The van der Waals surface area contributed by atoms with Crippen LogP contribution in [0.3, 0.4) is 0 Å². The van der Waals surface area contributed by atoms with Gasteiger partial charge >= 0.3 is 5.97 Å². The molecule has 0 amide bonds. The molecule has 5 heteroatoms. The van der Waals surface area contributed by atoms with Crippen LogP contribution in [-0.4, -0.2) is 21.0 Å². The number of carboxylic acid groups (broad SMARTS) is 1. The summed E-state index contributed by atoms with van der Waals surface area (Å²) in [6.45, 7) is 1.98. The van der Waals surface area contributed by atoms with Crippen LogP contribution >= 0.6 is 11.6 Å². The first kappa shape index (κ1) is 14.5. The molecule has 2 aromatic heterocycles. The van der Waals surface area contributed by atoms with Crippen LogP contribution in [0, 0.1) is 6.92 Å². The van der Waals surface area contributed by atoms with Crippen LogP contribution in [0.15, 0.2) is 42.7 Å². The molecule has 0 spiro atoms. The smallest absolute Gasteiger partial charge is 0.337 e. The van der Waals surface area contributed by atoms with Crippen LogP contribution in [0.1, 0.15) is 27.0 Å². The summed E-state index contributed by atoms with van der Waals surface area (Å²) in [5.74, 6) is -0.974. The molecule has 0 aliphatic carbocycles. The van der Waals surface area contributed by atoms with Gasteiger partial charge in [-0.2, -0.15) is 0 Å². The Labute approximate surface area is 132 Å². The fraction of sp³-hybridized carbons (Fsp3) is 0.118. The molecule has 0 bridgehead atoms. The summed E-state index contributed by atoms with van der Waals surface area (Å²) >= 11 is 5.91.